The zero-order valence-corrected chi connectivity index (χ0v) is 9.49. The average molecular weight is 227 g/mol. The van der Waals surface area contributed by atoms with E-state index in [1.54, 1.807) is 6.33 Å². The standard InChI is InChI=1S/C12H13N5/c1-8-11(15-7-14-8)6-13-10-4-2-3-9-5-16-17-12(9)10/h2-5,7,13H,6H2,1H3,(H,14,15)(H,16,17). The first-order chi connectivity index (χ1) is 8.34. The molecule has 0 fully saturated rings. The molecular weight excluding hydrogens is 214 g/mol. The molecule has 1 aromatic carbocycles. The van der Waals surface area contributed by atoms with Crippen molar-refractivity contribution in [2.75, 3.05) is 5.32 Å². The number of imidazole rings is 1. The molecule has 5 nitrogen and oxygen atoms in total. The van der Waals surface area contributed by atoms with Crippen molar-refractivity contribution >= 4 is 16.6 Å². The van der Waals surface area contributed by atoms with Gasteiger partial charge in [0.15, 0.2) is 0 Å². The summed E-state index contributed by atoms with van der Waals surface area (Å²) < 4.78 is 0. The smallest absolute Gasteiger partial charge is 0.0925 e. The van der Waals surface area contributed by atoms with E-state index in [2.05, 4.69) is 25.5 Å². The number of benzene rings is 1. The quantitative estimate of drug-likeness (QED) is 0.642. The van der Waals surface area contributed by atoms with Crippen LogP contribution < -0.4 is 5.32 Å². The molecular formula is C12H13N5. The lowest BCUT2D eigenvalue weighted by molar-refractivity contribution is 1.05. The fraction of sp³-hybridized carbons (Fsp3) is 0.167. The van der Waals surface area contributed by atoms with E-state index in [0.29, 0.717) is 6.54 Å². The second-order valence-corrected chi connectivity index (χ2v) is 3.97. The van der Waals surface area contributed by atoms with Crippen molar-refractivity contribution in [1.29, 1.82) is 0 Å². The highest BCUT2D eigenvalue weighted by atomic mass is 15.1. The number of rotatable bonds is 3. The van der Waals surface area contributed by atoms with Gasteiger partial charge in [0, 0.05) is 11.1 Å². The number of anilines is 1. The van der Waals surface area contributed by atoms with Crippen LogP contribution in [0, 0.1) is 6.92 Å². The second-order valence-electron chi connectivity index (χ2n) is 3.97. The summed E-state index contributed by atoms with van der Waals surface area (Å²) in [4.78, 5) is 7.32. The van der Waals surface area contributed by atoms with Crippen LogP contribution >= 0.6 is 0 Å². The molecule has 3 N–H and O–H groups in total. The Labute approximate surface area is 98.3 Å². The van der Waals surface area contributed by atoms with Crippen molar-refractivity contribution < 1.29 is 0 Å². The van der Waals surface area contributed by atoms with Crippen LogP contribution in [-0.4, -0.2) is 20.2 Å². The van der Waals surface area contributed by atoms with Crippen LogP contribution in [-0.2, 0) is 6.54 Å². The first-order valence-electron chi connectivity index (χ1n) is 5.49. The highest BCUT2D eigenvalue weighted by Gasteiger charge is 2.04. The summed E-state index contributed by atoms with van der Waals surface area (Å²) >= 11 is 0. The van der Waals surface area contributed by atoms with Crippen molar-refractivity contribution in [2.45, 2.75) is 13.5 Å². The number of aryl methyl sites for hydroxylation is 1. The van der Waals surface area contributed by atoms with Gasteiger partial charge < -0.3 is 10.3 Å². The number of hydrogen-bond donors (Lipinski definition) is 3. The number of H-pyrrole nitrogens is 2. The SMILES string of the molecule is Cc1[nH]cnc1CNc1cccc2cn[nH]c12. The molecule has 0 aliphatic carbocycles. The number of nitrogens with zero attached hydrogens (tertiary/aromatic N) is 2. The number of para-hydroxylation sites is 1. The van der Waals surface area contributed by atoms with Crippen molar-refractivity contribution in [3.05, 3.63) is 42.1 Å². The molecule has 0 saturated carbocycles. The van der Waals surface area contributed by atoms with Crippen molar-refractivity contribution in [3.63, 3.8) is 0 Å². The molecule has 0 aliphatic heterocycles. The van der Waals surface area contributed by atoms with E-state index in [0.717, 1.165) is 28.0 Å². The van der Waals surface area contributed by atoms with Gasteiger partial charge in [-0.1, -0.05) is 12.1 Å². The molecule has 0 atom stereocenters. The van der Waals surface area contributed by atoms with E-state index in [4.69, 9.17) is 0 Å². The molecule has 2 heterocycles. The first kappa shape index (κ1) is 9.89. The Bertz CT molecular complexity index is 637. The minimum atomic E-state index is 0.702. The van der Waals surface area contributed by atoms with Crippen LogP contribution in [0.1, 0.15) is 11.4 Å². The minimum Gasteiger partial charge on any atom is -0.378 e. The van der Waals surface area contributed by atoms with Gasteiger partial charge in [-0.15, -0.1) is 0 Å². The molecule has 0 bridgehead atoms. The molecule has 3 aromatic rings. The van der Waals surface area contributed by atoms with Gasteiger partial charge in [-0.3, -0.25) is 5.10 Å². The van der Waals surface area contributed by atoms with Crippen LogP contribution in [0.15, 0.2) is 30.7 Å². The Kier molecular flexibility index (Phi) is 2.29. The molecule has 0 aliphatic rings. The number of nitrogens with one attached hydrogen (secondary N) is 3. The van der Waals surface area contributed by atoms with Crippen LogP contribution in [0.4, 0.5) is 5.69 Å². The van der Waals surface area contributed by atoms with E-state index in [1.165, 1.54) is 0 Å². The Morgan fingerprint density at radius 1 is 1.35 bits per heavy atom. The second kappa shape index (κ2) is 3.93. The molecule has 0 radical (unpaired) electrons. The zero-order valence-electron chi connectivity index (χ0n) is 9.49. The number of aromatic amines is 2. The van der Waals surface area contributed by atoms with Crippen molar-refractivity contribution in [3.8, 4) is 0 Å². The molecule has 17 heavy (non-hydrogen) atoms. The predicted octanol–water partition coefficient (Wildman–Crippen LogP) is 2.21. The van der Waals surface area contributed by atoms with Crippen molar-refractivity contribution in [1.82, 2.24) is 20.2 Å². The minimum absolute atomic E-state index is 0.702. The summed E-state index contributed by atoms with van der Waals surface area (Å²) in [5, 5.41) is 11.5. The molecule has 0 saturated heterocycles. The Morgan fingerprint density at radius 2 is 2.29 bits per heavy atom. The van der Waals surface area contributed by atoms with Crippen LogP contribution in [0.5, 0.6) is 0 Å². The third-order valence-electron chi connectivity index (χ3n) is 2.86. The van der Waals surface area contributed by atoms with Gasteiger partial charge in [0.2, 0.25) is 0 Å². The van der Waals surface area contributed by atoms with Gasteiger partial charge in [0.25, 0.3) is 0 Å². The Hall–Kier alpha value is -2.30. The van der Waals surface area contributed by atoms with Gasteiger partial charge in [0.05, 0.1) is 36.0 Å². The highest BCUT2D eigenvalue weighted by molar-refractivity contribution is 5.89. The van der Waals surface area contributed by atoms with E-state index in [1.807, 2.05) is 31.3 Å². The Balaban J connectivity index is 1.86. The largest absolute Gasteiger partial charge is 0.378 e. The summed E-state index contributed by atoms with van der Waals surface area (Å²) in [5.41, 5.74) is 4.19. The molecule has 2 aromatic heterocycles. The third-order valence-corrected chi connectivity index (χ3v) is 2.86. The maximum Gasteiger partial charge on any atom is 0.0925 e. The summed E-state index contributed by atoms with van der Waals surface area (Å²) in [6.07, 6.45) is 3.53. The van der Waals surface area contributed by atoms with E-state index in [-0.39, 0.29) is 0 Å². The monoisotopic (exact) mass is 227 g/mol. The summed E-state index contributed by atoms with van der Waals surface area (Å²) in [6, 6.07) is 6.07. The van der Waals surface area contributed by atoms with E-state index in [9.17, 15) is 0 Å². The summed E-state index contributed by atoms with van der Waals surface area (Å²) in [7, 11) is 0. The van der Waals surface area contributed by atoms with Gasteiger partial charge in [-0.05, 0) is 13.0 Å². The van der Waals surface area contributed by atoms with E-state index >= 15 is 0 Å². The predicted molar refractivity (Wildman–Crippen MR) is 66.7 cm³/mol. The maximum absolute atomic E-state index is 4.25. The topological polar surface area (TPSA) is 69.4 Å². The number of fused-ring (bicyclic) bond motifs is 1. The van der Waals surface area contributed by atoms with E-state index < -0.39 is 0 Å². The van der Waals surface area contributed by atoms with Gasteiger partial charge in [0.1, 0.15) is 0 Å². The first-order valence-corrected chi connectivity index (χ1v) is 5.49. The maximum atomic E-state index is 4.25. The molecule has 5 heteroatoms. The van der Waals surface area contributed by atoms with Gasteiger partial charge >= 0.3 is 0 Å². The van der Waals surface area contributed by atoms with Crippen molar-refractivity contribution in [2.24, 2.45) is 0 Å². The molecule has 0 amide bonds. The molecule has 0 spiro atoms. The third kappa shape index (κ3) is 1.75. The zero-order chi connectivity index (χ0) is 11.7. The Morgan fingerprint density at radius 3 is 3.12 bits per heavy atom. The van der Waals surface area contributed by atoms with Crippen LogP contribution in [0.25, 0.3) is 10.9 Å². The van der Waals surface area contributed by atoms with Crippen LogP contribution in [0.2, 0.25) is 0 Å². The summed E-state index contributed by atoms with van der Waals surface area (Å²) in [6.45, 7) is 2.72. The summed E-state index contributed by atoms with van der Waals surface area (Å²) in [5.74, 6) is 0. The molecule has 3 rings (SSSR count). The fourth-order valence-corrected chi connectivity index (χ4v) is 1.86. The lowest BCUT2D eigenvalue weighted by Crippen LogP contribution is -2.01. The lowest BCUT2D eigenvalue weighted by atomic mass is 10.2. The fourth-order valence-electron chi connectivity index (χ4n) is 1.86. The molecule has 0 unspecified atom stereocenters. The normalized spacial score (nSPS) is 10.9. The highest BCUT2D eigenvalue weighted by Crippen LogP contribution is 2.20. The van der Waals surface area contributed by atoms with Gasteiger partial charge in [-0.25, -0.2) is 4.98 Å². The number of aromatic nitrogens is 4. The van der Waals surface area contributed by atoms with Gasteiger partial charge in [-0.2, -0.15) is 5.10 Å². The van der Waals surface area contributed by atoms with Crippen LogP contribution in [0.3, 0.4) is 0 Å². The number of hydrogen-bond acceptors (Lipinski definition) is 3. The average Bonchev–Trinajstić information content (AvgIpc) is 2.95. The molecule has 86 valence electrons. The lowest BCUT2D eigenvalue weighted by Gasteiger charge is -2.06.